The number of hydrogen-bond donors (Lipinski definition) is 2. The Morgan fingerprint density at radius 1 is 1.37 bits per heavy atom. The van der Waals surface area contributed by atoms with Gasteiger partial charge < -0.3 is 11.1 Å². The van der Waals surface area contributed by atoms with Crippen molar-refractivity contribution in [1.82, 2.24) is 0 Å². The van der Waals surface area contributed by atoms with Crippen LogP contribution < -0.4 is 11.1 Å². The first-order valence-electron chi connectivity index (χ1n) is 6.89. The van der Waals surface area contributed by atoms with Crippen LogP contribution in [0.15, 0.2) is 18.2 Å². The van der Waals surface area contributed by atoms with Gasteiger partial charge in [0.25, 0.3) is 5.91 Å². The van der Waals surface area contributed by atoms with E-state index in [2.05, 4.69) is 12.2 Å². The molecule has 2 rings (SSSR count). The van der Waals surface area contributed by atoms with E-state index in [0.717, 1.165) is 18.2 Å². The number of carbonyl (C=O) groups is 1. The number of nitrogens with one attached hydrogen (secondary N) is 1. The molecule has 1 aromatic carbocycles. The maximum Gasteiger partial charge on any atom is 0.251 e. The predicted octanol–water partition coefficient (Wildman–Crippen LogP) is 3.16. The van der Waals surface area contributed by atoms with Crippen LogP contribution in [-0.2, 0) is 0 Å². The van der Waals surface area contributed by atoms with Crippen LogP contribution in [0.4, 0.5) is 10.1 Å². The van der Waals surface area contributed by atoms with Gasteiger partial charge in [0.2, 0.25) is 0 Å². The van der Waals surface area contributed by atoms with Crippen molar-refractivity contribution in [2.45, 2.75) is 32.6 Å². The Labute approximate surface area is 113 Å². The van der Waals surface area contributed by atoms with E-state index in [4.69, 9.17) is 5.73 Å². The molecular formula is C15H21FN2O. The second kappa shape index (κ2) is 6.04. The average Bonchev–Trinajstić information content (AvgIpc) is 2.39. The van der Waals surface area contributed by atoms with Gasteiger partial charge in [0, 0.05) is 12.2 Å². The fraction of sp³-hybridized carbons (Fsp3) is 0.533. The number of primary amides is 1. The van der Waals surface area contributed by atoms with Crippen LogP contribution in [0.25, 0.3) is 0 Å². The summed E-state index contributed by atoms with van der Waals surface area (Å²) in [6.07, 6.45) is 5.03. The maximum atomic E-state index is 13.3. The summed E-state index contributed by atoms with van der Waals surface area (Å²) in [4.78, 5) is 11.1. The van der Waals surface area contributed by atoms with Crippen LogP contribution in [0.1, 0.15) is 43.0 Å². The molecule has 0 heterocycles. The van der Waals surface area contributed by atoms with E-state index in [9.17, 15) is 9.18 Å². The average molecular weight is 264 g/mol. The van der Waals surface area contributed by atoms with E-state index in [0.29, 0.717) is 5.92 Å². The summed E-state index contributed by atoms with van der Waals surface area (Å²) >= 11 is 0. The highest BCUT2D eigenvalue weighted by molar-refractivity contribution is 5.94. The molecule has 0 atom stereocenters. The number of nitrogens with two attached hydrogens (primary N) is 1. The molecule has 0 bridgehead atoms. The topological polar surface area (TPSA) is 55.1 Å². The van der Waals surface area contributed by atoms with Gasteiger partial charge in [0.05, 0.1) is 5.56 Å². The highest BCUT2D eigenvalue weighted by atomic mass is 19.1. The Morgan fingerprint density at radius 2 is 2.05 bits per heavy atom. The van der Waals surface area contributed by atoms with E-state index >= 15 is 0 Å². The van der Waals surface area contributed by atoms with Gasteiger partial charge in [0.15, 0.2) is 0 Å². The number of amides is 1. The van der Waals surface area contributed by atoms with Gasteiger partial charge in [0.1, 0.15) is 5.82 Å². The standard InChI is InChI=1S/C15H21FN2O/c1-10-2-4-11(5-3-10)9-18-12-6-7-14(16)13(8-12)15(17)19/h6-8,10-11,18H,2-5,9H2,1H3,(H2,17,19). The zero-order chi connectivity index (χ0) is 13.8. The second-order valence-electron chi connectivity index (χ2n) is 5.57. The molecule has 1 amide bonds. The van der Waals surface area contributed by atoms with E-state index < -0.39 is 11.7 Å². The van der Waals surface area contributed by atoms with Gasteiger partial charge in [-0.25, -0.2) is 4.39 Å². The molecule has 0 radical (unpaired) electrons. The summed E-state index contributed by atoms with van der Waals surface area (Å²) in [5.74, 6) is 0.207. The zero-order valence-corrected chi connectivity index (χ0v) is 11.3. The summed E-state index contributed by atoms with van der Waals surface area (Å²) < 4.78 is 13.3. The molecule has 1 fully saturated rings. The lowest BCUT2D eigenvalue weighted by Crippen LogP contribution is -2.20. The molecule has 0 saturated heterocycles. The van der Waals surface area contributed by atoms with Crippen LogP contribution >= 0.6 is 0 Å². The Kier molecular flexibility index (Phi) is 4.40. The molecule has 1 saturated carbocycles. The molecule has 1 aliphatic carbocycles. The predicted molar refractivity (Wildman–Crippen MR) is 74.5 cm³/mol. The van der Waals surface area contributed by atoms with Crippen molar-refractivity contribution in [3.63, 3.8) is 0 Å². The monoisotopic (exact) mass is 264 g/mol. The fourth-order valence-corrected chi connectivity index (χ4v) is 2.62. The lowest BCUT2D eigenvalue weighted by Gasteiger charge is -2.26. The van der Waals surface area contributed by atoms with Crippen molar-refractivity contribution in [1.29, 1.82) is 0 Å². The first-order chi connectivity index (χ1) is 9.06. The molecule has 1 aromatic rings. The SMILES string of the molecule is CC1CCC(CNc2ccc(F)c(C(N)=O)c2)CC1. The van der Waals surface area contributed by atoms with Crippen LogP contribution in [0.2, 0.25) is 0 Å². The third-order valence-corrected chi connectivity index (χ3v) is 3.96. The molecule has 4 heteroatoms. The Morgan fingerprint density at radius 3 is 2.68 bits per heavy atom. The van der Waals surface area contributed by atoms with Crippen LogP contribution in [0.5, 0.6) is 0 Å². The summed E-state index contributed by atoms with van der Waals surface area (Å²) in [7, 11) is 0. The highest BCUT2D eigenvalue weighted by Gasteiger charge is 2.18. The van der Waals surface area contributed by atoms with Crippen LogP contribution in [0.3, 0.4) is 0 Å². The van der Waals surface area contributed by atoms with Gasteiger partial charge >= 0.3 is 0 Å². The van der Waals surface area contributed by atoms with Gasteiger partial charge in [-0.05, 0) is 42.9 Å². The van der Waals surface area contributed by atoms with Crippen molar-refractivity contribution in [3.8, 4) is 0 Å². The third-order valence-electron chi connectivity index (χ3n) is 3.96. The van der Waals surface area contributed by atoms with Crippen molar-refractivity contribution < 1.29 is 9.18 Å². The lowest BCUT2D eigenvalue weighted by atomic mass is 9.83. The summed E-state index contributed by atoms with van der Waals surface area (Å²) in [5.41, 5.74) is 5.84. The molecule has 1 aliphatic rings. The molecule has 3 nitrogen and oxygen atoms in total. The van der Waals surface area contributed by atoms with E-state index in [-0.39, 0.29) is 5.56 Å². The van der Waals surface area contributed by atoms with Crippen LogP contribution in [-0.4, -0.2) is 12.5 Å². The molecule has 0 unspecified atom stereocenters. The van der Waals surface area contributed by atoms with Gasteiger partial charge in [-0.3, -0.25) is 4.79 Å². The molecule has 0 aliphatic heterocycles. The minimum absolute atomic E-state index is 0.0535. The molecule has 0 spiro atoms. The third kappa shape index (κ3) is 3.69. The number of halogens is 1. The molecule has 3 N–H and O–H groups in total. The molecule has 104 valence electrons. The number of rotatable bonds is 4. The number of hydrogen-bond acceptors (Lipinski definition) is 2. The van der Waals surface area contributed by atoms with Crippen LogP contribution in [0, 0.1) is 17.7 Å². The largest absolute Gasteiger partial charge is 0.385 e. The lowest BCUT2D eigenvalue weighted by molar-refractivity contribution is 0.0996. The van der Waals surface area contributed by atoms with Crippen molar-refractivity contribution >= 4 is 11.6 Å². The minimum Gasteiger partial charge on any atom is -0.385 e. The Bertz CT molecular complexity index is 453. The van der Waals surface area contributed by atoms with Crippen molar-refractivity contribution in [2.24, 2.45) is 17.6 Å². The second-order valence-corrected chi connectivity index (χ2v) is 5.57. The number of benzene rings is 1. The normalized spacial score (nSPS) is 23.1. The molecule has 0 aromatic heterocycles. The van der Waals surface area contributed by atoms with Gasteiger partial charge in [-0.1, -0.05) is 19.8 Å². The number of carbonyl (C=O) groups excluding carboxylic acids is 1. The zero-order valence-electron chi connectivity index (χ0n) is 11.3. The first-order valence-corrected chi connectivity index (χ1v) is 6.89. The minimum atomic E-state index is -0.729. The van der Waals surface area contributed by atoms with Gasteiger partial charge in [-0.2, -0.15) is 0 Å². The molecular weight excluding hydrogens is 243 g/mol. The van der Waals surface area contributed by atoms with Crippen molar-refractivity contribution in [2.75, 3.05) is 11.9 Å². The van der Waals surface area contributed by atoms with E-state index in [1.54, 1.807) is 6.07 Å². The highest BCUT2D eigenvalue weighted by Crippen LogP contribution is 2.28. The Hall–Kier alpha value is -1.58. The summed E-state index contributed by atoms with van der Waals surface area (Å²) in [5, 5.41) is 3.28. The smallest absolute Gasteiger partial charge is 0.251 e. The maximum absolute atomic E-state index is 13.3. The summed E-state index contributed by atoms with van der Waals surface area (Å²) in [6.45, 7) is 3.17. The van der Waals surface area contributed by atoms with E-state index in [1.807, 2.05) is 0 Å². The molecule has 19 heavy (non-hydrogen) atoms. The fourth-order valence-electron chi connectivity index (χ4n) is 2.62. The summed E-state index contributed by atoms with van der Waals surface area (Å²) in [6, 6.07) is 4.42. The first kappa shape index (κ1) is 13.8. The quantitative estimate of drug-likeness (QED) is 0.877. The van der Waals surface area contributed by atoms with E-state index in [1.165, 1.54) is 37.8 Å². The van der Waals surface area contributed by atoms with Crippen molar-refractivity contribution in [3.05, 3.63) is 29.6 Å². The Balaban J connectivity index is 1.92. The van der Waals surface area contributed by atoms with Gasteiger partial charge in [-0.15, -0.1) is 0 Å². The number of anilines is 1.